The number of benzene rings is 1. The number of amidine groups is 1. The molecule has 0 spiro atoms. The number of rotatable bonds is 1. The largest absolute Gasteiger partial charge is 0.384 e. The number of para-hydroxylation sites is 1. The Morgan fingerprint density at radius 1 is 1.50 bits per heavy atom. The van der Waals surface area contributed by atoms with Crippen LogP contribution < -0.4 is 10.6 Å². The van der Waals surface area contributed by atoms with Crippen LogP contribution in [0, 0.1) is 0 Å². The number of nitrogens with two attached hydrogens (primary N) is 1. The Bertz CT molecular complexity index is 628. The first-order valence-corrected chi connectivity index (χ1v) is 5.65. The van der Waals surface area contributed by atoms with Crippen LogP contribution in [0.15, 0.2) is 34.2 Å². The molecule has 5 nitrogen and oxygen atoms in total. The Balaban J connectivity index is 2.16. The molecule has 2 N–H and O–H groups in total. The van der Waals surface area contributed by atoms with Gasteiger partial charge in [-0.25, -0.2) is 0 Å². The van der Waals surface area contributed by atoms with Gasteiger partial charge >= 0.3 is 4.87 Å². The summed E-state index contributed by atoms with van der Waals surface area (Å²) in [6.45, 7) is 0. The molecule has 0 bridgehead atoms. The first-order chi connectivity index (χ1) is 7.75. The van der Waals surface area contributed by atoms with Crippen LogP contribution in [0.4, 0.5) is 0 Å². The number of aromatic nitrogens is 1. The van der Waals surface area contributed by atoms with Gasteiger partial charge in [0.2, 0.25) is 6.23 Å². The lowest BCUT2D eigenvalue weighted by Gasteiger charge is -2.09. The van der Waals surface area contributed by atoms with E-state index in [4.69, 9.17) is 10.6 Å². The van der Waals surface area contributed by atoms with E-state index >= 15 is 0 Å². The van der Waals surface area contributed by atoms with E-state index in [1.165, 1.54) is 11.3 Å². The molecule has 0 amide bonds. The highest BCUT2D eigenvalue weighted by atomic mass is 32.1. The monoisotopic (exact) mass is 235 g/mol. The summed E-state index contributed by atoms with van der Waals surface area (Å²) in [4.78, 5) is 16.9. The van der Waals surface area contributed by atoms with Gasteiger partial charge in [-0.3, -0.25) is 9.36 Å². The molecule has 6 heteroatoms. The number of fused-ring (bicyclic) bond motifs is 1. The van der Waals surface area contributed by atoms with E-state index in [9.17, 15) is 4.79 Å². The van der Waals surface area contributed by atoms with Gasteiger partial charge in [0.1, 0.15) is 5.84 Å². The Kier molecular flexibility index (Phi) is 1.97. The van der Waals surface area contributed by atoms with Crippen LogP contribution in [-0.2, 0) is 4.84 Å². The highest BCUT2D eigenvalue weighted by molar-refractivity contribution is 7.16. The number of thiazole rings is 1. The smallest absolute Gasteiger partial charge is 0.311 e. The molecule has 0 fully saturated rings. The van der Waals surface area contributed by atoms with Gasteiger partial charge < -0.3 is 10.6 Å². The molecule has 1 atom stereocenters. The van der Waals surface area contributed by atoms with Crippen LogP contribution >= 0.6 is 11.3 Å². The van der Waals surface area contributed by atoms with E-state index in [-0.39, 0.29) is 4.87 Å². The standard InChI is InChI=1S/C10H9N3O2S/c11-8-5-9(15-12-8)13-6-3-1-2-4-7(6)16-10(13)14/h1-4,9H,5H2,(H2,11,12). The van der Waals surface area contributed by atoms with E-state index in [1.54, 1.807) is 4.57 Å². The van der Waals surface area contributed by atoms with Gasteiger partial charge in [-0.05, 0) is 12.1 Å². The van der Waals surface area contributed by atoms with Crippen LogP contribution in [0.5, 0.6) is 0 Å². The summed E-state index contributed by atoms with van der Waals surface area (Å²) in [6, 6.07) is 7.61. The molecule has 1 aliphatic heterocycles. The summed E-state index contributed by atoms with van der Waals surface area (Å²) >= 11 is 1.20. The third kappa shape index (κ3) is 1.30. The molecular weight excluding hydrogens is 226 g/mol. The van der Waals surface area contributed by atoms with Crippen molar-refractivity contribution in [1.82, 2.24) is 4.57 Å². The summed E-state index contributed by atoms with van der Waals surface area (Å²) < 4.78 is 2.55. The normalized spacial score (nSPS) is 19.8. The van der Waals surface area contributed by atoms with Gasteiger partial charge in [0.05, 0.1) is 16.6 Å². The Morgan fingerprint density at radius 2 is 2.31 bits per heavy atom. The minimum atomic E-state index is -0.399. The van der Waals surface area contributed by atoms with Crippen molar-refractivity contribution >= 4 is 27.4 Å². The third-order valence-corrected chi connectivity index (χ3v) is 3.42. The molecule has 2 heterocycles. The maximum absolute atomic E-state index is 11.8. The van der Waals surface area contributed by atoms with Crippen molar-refractivity contribution in [2.75, 3.05) is 0 Å². The highest BCUT2D eigenvalue weighted by Crippen LogP contribution is 2.25. The van der Waals surface area contributed by atoms with Crippen LogP contribution in [0.2, 0.25) is 0 Å². The quantitative estimate of drug-likeness (QED) is 0.808. The Hall–Kier alpha value is -1.82. The highest BCUT2D eigenvalue weighted by Gasteiger charge is 2.24. The van der Waals surface area contributed by atoms with Crippen molar-refractivity contribution in [1.29, 1.82) is 0 Å². The van der Waals surface area contributed by atoms with Crippen molar-refractivity contribution in [3.05, 3.63) is 33.9 Å². The van der Waals surface area contributed by atoms with E-state index in [1.807, 2.05) is 24.3 Å². The van der Waals surface area contributed by atoms with Gasteiger partial charge in [0.25, 0.3) is 0 Å². The fraction of sp³-hybridized carbons (Fsp3) is 0.200. The zero-order chi connectivity index (χ0) is 11.1. The minimum Gasteiger partial charge on any atom is -0.384 e. The summed E-state index contributed by atoms with van der Waals surface area (Å²) in [7, 11) is 0. The molecule has 0 saturated carbocycles. The van der Waals surface area contributed by atoms with Crippen LogP contribution in [-0.4, -0.2) is 10.4 Å². The third-order valence-electron chi connectivity index (χ3n) is 2.48. The molecule has 0 saturated heterocycles. The van der Waals surface area contributed by atoms with E-state index in [0.29, 0.717) is 12.3 Å². The maximum Gasteiger partial charge on any atom is 0.311 e. The second-order valence-electron chi connectivity index (χ2n) is 3.55. The van der Waals surface area contributed by atoms with Crippen molar-refractivity contribution < 1.29 is 4.84 Å². The average Bonchev–Trinajstić information content (AvgIpc) is 2.80. The molecule has 3 rings (SSSR count). The van der Waals surface area contributed by atoms with Crippen molar-refractivity contribution in [3.8, 4) is 0 Å². The lowest BCUT2D eigenvalue weighted by molar-refractivity contribution is 0.0340. The lowest BCUT2D eigenvalue weighted by Crippen LogP contribution is -2.21. The second kappa shape index (κ2) is 3.34. The Labute approximate surface area is 94.7 Å². The first-order valence-electron chi connectivity index (χ1n) is 4.84. The van der Waals surface area contributed by atoms with E-state index < -0.39 is 6.23 Å². The Morgan fingerprint density at radius 3 is 3.06 bits per heavy atom. The van der Waals surface area contributed by atoms with Crippen LogP contribution in [0.3, 0.4) is 0 Å². The molecule has 2 aromatic rings. The number of nitrogens with zero attached hydrogens (tertiary/aromatic N) is 2. The maximum atomic E-state index is 11.8. The molecule has 0 aliphatic carbocycles. The van der Waals surface area contributed by atoms with E-state index in [0.717, 1.165) is 10.2 Å². The predicted octanol–water partition coefficient (Wildman–Crippen LogP) is 1.25. The second-order valence-corrected chi connectivity index (χ2v) is 4.55. The molecule has 1 aromatic heterocycles. The average molecular weight is 235 g/mol. The first kappa shape index (κ1) is 9.41. The molecule has 1 aromatic carbocycles. The summed E-state index contributed by atoms with van der Waals surface area (Å²) in [5.74, 6) is 0.423. The fourth-order valence-electron chi connectivity index (χ4n) is 1.78. The summed E-state index contributed by atoms with van der Waals surface area (Å²) in [5, 5.41) is 3.66. The zero-order valence-electron chi connectivity index (χ0n) is 8.29. The number of hydrogen-bond acceptors (Lipinski definition) is 5. The van der Waals surface area contributed by atoms with Gasteiger partial charge in [-0.15, -0.1) is 0 Å². The molecule has 82 valence electrons. The topological polar surface area (TPSA) is 69.6 Å². The molecule has 1 unspecified atom stereocenters. The predicted molar refractivity (Wildman–Crippen MR) is 62.4 cm³/mol. The molecular formula is C10H9N3O2S. The van der Waals surface area contributed by atoms with Crippen molar-refractivity contribution in [2.24, 2.45) is 10.9 Å². The fourth-order valence-corrected chi connectivity index (χ4v) is 2.70. The summed E-state index contributed by atoms with van der Waals surface area (Å²) in [5.41, 5.74) is 6.41. The van der Waals surface area contributed by atoms with Gasteiger partial charge in [-0.2, -0.15) is 0 Å². The van der Waals surface area contributed by atoms with Crippen molar-refractivity contribution in [3.63, 3.8) is 0 Å². The van der Waals surface area contributed by atoms with E-state index in [2.05, 4.69) is 5.16 Å². The van der Waals surface area contributed by atoms with Gasteiger partial charge in [0.15, 0.2) is 0 Å². The van der Waals surface area contributed by atoms with Crippen LogP contribution in [0.1, 0.15) is 12.6 Å². The summed E-state index contributed by atoms with van der Waals surface area (Å²) in [6.07, 6.45) is 0.0596. The lowest BCUT2D eigenvalue weighted by atomic mass is 10.3. The van der Waals surface area contributed by atoms with Gasteiger partial charge in [0, 0.05) is 0 Å². The van der Waals surface area contributed by atoms with Crippen molar-refractivity contribution in [2.45, 2.75) is 12.6 Å². The van der Waals surface area contributed by atoms with Crippen LogP contribution in [0.25, 0.3) is 10.2 Å². The number of hydrogen-bond donors (Lipinski definition) is 1. The minimum absolute atomic E-state index is 0.0453. The molecule has 1 aliphatic rings. The zero-order valence-corrected chi connectivity index (χ0v) is 9.11. The molecule has 16 heavy (non-hydrogen) atoms. The molecule has 0 radical (unpaired) electrons. The van der Waals surface area contributed by atoms with Gasteiger partial charge in [-0.1, -0.05) is 28.6 Å². The number of oxime groups is 1. The SMILES string of the molecule is NC1=NOC(n2c(=O)sc3ccccc32)C1.